The number of hydrogen-bond acceptors (Lipinski definition) is 5. The number of ether oxygens (including phenoxy) is 2. The summed E-state index contributed by atoms with van der Waals surface area (Å²) in [5.74, 6) is -0.492. The lowest BCUT2D eigenvalue weighted by Crippen LogP contribution is -2.61. The summed E-state index contributed by atoms with van der Waals surface area (Å²) in [5, 5.41) is 12.3. The lowest BCUT2D eigenvalue weighted by molar-refractivity contribution is -0.147. The van der Waals surface area contributed by atoms with Crippen LogP contribution in [0.3, 0.4) is 0 Å². The van der Waals surface area contributed by atoms with Gasteiger partial charge in [-0.25, -0.2) is 0 Å². The lowest BCUT2D eigenvalue weighted by atomic mass is 9.64. The molecule has 5 rings (SSSR count). The van der Waals surface area contributed by atoms with Crippen LogP contribution in [0.1, 0.15) is 37.8 Å². The molecule has 0 aliphatic carbocycles. The second kappa shape index (κ2) is 5.56. The van der Waals surface area contributed by atoms with Crippen molar-refractivity contribution in [2.75, 3.05) is 11.5 Å². The fourth-order valence-electron chi connectivity index (χ4n) is 6.06. The molecule has 28 heavy (non-hydrogen) atoms. The second-order valence-corrected chi connectivity index (χ2v) is 8.66. The normalized spacial score (nSPS) is 40.4. The first-order valence-corrected chi connectivity index (χ1v) is 9.73. The zero-order valence-corrected chi connectivity index (χ0v) is 16.2. The molecule has 7 heteroatoms. The molecule has 2 amide bonds. The Morgan fingerprint density at radius 1 is 1.43 bits per heavy atom. The zero-order valence-electron chi connectivity index (χ0n) is 16.2. The Morgan fingerprint density at radius 2 is 2.21 bits per heavy atom. The number of carbonyl (C=O) groups excluding carboxylic acids is 2. The molecule has 2 bridgehead atoms. The number of nitrogens with zero attached hydrogens (tertiary/aromatic N) is 2. The monoisotopic (exact) mass is 381 g/mol. The minimum Gasteiger partial charge on any atom is -0.365 e. The van der Waals surface area contributed by atoms with Crippen LogP contribution in [0.25, 0.3) is 0 Å². The maximum absolute atomic E-state index is 13.5. The van der Waals surface area contributed by atoms with E-state index < -0.39 is 17.4 Å². The van der Waals surface area contributed by atoms with E-state index in [2.05, 4.69) is 11.4 Å². The third-order valence-corrected chi connectivity index (χ3v) is 7.04. The van der Waals surface area contributed by atoms with Crippen LogP contribution in [0.15, 0.2) is 18.2 Å². The topological polar surface area (TPSA) is 91.7 Å². The Balaban J connectivity index is 1.58. The van der Waals surface area contributed by atoms with Crippen LogP contribution in [0.4, 0.5) is 5.69 Å². The number of fused-ring (bicyclic) bond motifs is 2. The van der Waals surface area contributed by atoms with E-state index in [1.807, 2.05) is 26.0 Å². The molecule has 1 aromatic rings. The van der Waals surface area contributed by atoms with E-state index in [0.29, 0.717) is 25.0 Å². The summed E-state index contributed by atoms with van der Waals surface area (Å²) in [4.78, 5) is 27.1. The number of benzene rings is 1. The van der Waals surface area contributed by atoms with E-state index >= 15 is 0 Å². The van der Waals surface area contributed by atoms with Crippen LogP contribution in [0.2, 0.25) is 0 Å². The molecule has 7 nitrogen and oxygen atoms in total. The smallest absolute Gasteiger partial charge is 0.235 e. The van der Waals surface area contributed by atoms with Crippen molar-refractivity contribution < 1.29 is 19.1 Å². The number of nitrogens with one attached hydrogen (secondary N) is 1. The number of rotatable bonds is 2. The number of amides is 2. The summed E-state index contributed by atoms with van der Waals surface area (Å²) >= 11 is 0. The minimum absolute atomic E-state index is 0.00616. The van der Waals surface area contributed by atoms with Gasteiger partial charge < -0.3 is 14.8 Å². The largest absolute Gasteiger partial charge is 0.365 e. The predicted molar refractivity (Wildman–Crippen MR) is 99.2 cm³/mol. The number of nitriles is 1. The summed E-state index contributed by atoms with van der Waals surface area (Å²) in [6.45, 7) is 5.85. The third-order valence-electron chi connectivity index (χ3n) is 7.04. The average Bonchev–Trinajstić information content (AvgIpc) is 3.18. The molecular formula is C21H23N3O4. The van der Waals surface area contributed by atoms with E-state index in [0.717, 1.165) is 11.3 Å². The molecule has 4 fully saturated rings. The van der Waals surface area contributed by atoms with Crippen molar-refractivity contribution in [3.8, 4) is 6.07 Å². The molecular weight excluding hydrogens is 358 g/mol. The fourth-order valence-corrected chi connectivity index (χ4v) is 6.06. The van der Waals surface area contributed by atoms with Gasteiger partial charge >= 0.3 is 0 Å². The molecule has 4 aliphatic rings. The first kappa shape index (κ1) is 17.7. The maximum Gasteiger partial charge on any atom is 0.235 e. The molecule has 1 N–H and O–H groups in total. The van der Waals surface area contributed by atoms with Gasteiger partial charge in [-0.1, -0.05) is 0 Å². The predicted octanol–water partition coefficient (Wildman–Crippen LogP) is 1.63. The first-order valence-electron chi connectivity index (χ1n) is 9.73. The summed E-state index contributed by atoms with van der Waals surface area (Å²) in [6.07, 6.45) is 0.877. The summed E-state index contributed by atoms with van der Waals surface area (Å²) in [5.41, 5.74) is 0.990. The van der Waals surface area contributed by atoms with Gasteiger partial charge in [0.1, 0.15) is 6.23 Å². The van der Waals surface area contributed by atoms with Crippen molar-refractivity contribution in [2.24, 2.45) is 11.8 Å². The van der Waals surface area contributed by atoms with Crippen molar-refractivity contribution in [3.05, 3.63) is 29.3 Å². The summed E-state index contributed by atoms with van der Waals surface area (Å²) in [7, 11) is 0. The molecule has 1 spiro atoms. The van der Waals surface area contributed by atoms with Crippen molar-refractivity contribution in [2.45, 2.75) is 57.1 Å². The zero-order chi connectivity index (χ0) is 19.8. The molecule has 6 atom stereocenters. The van der Waals surface area contributed by atoms with E-state index in [4.69, 9.17) is 9.47 Å². The Hall–Kier alpha value is -2.43. The second-order valence-electron chi connectivity index (χ2n) is 8.66. The van der Waals surface area contributed by atoms with Gasteiger partial charge in [0.15, 0.2) is 0 Å². The van der Waals surface area contributed by atoms with Crippen LogP contribution in [-0.2, 0) is 19.1 Å². The van der Waals surface area contributed by atoms with Gasteiger partial charge in [0.2, 0.25) is 11.8 Å². The highest BCUT2D eigenvalue weighted by molar-refractivity contribution is 6.00. The minimum atomic E-state index is -0.614. The van der Waals surface area contributed by atoms with Gasteiger partial charge in [-0.15, -0.1) is 0 Å². The van der Waals surface area contributed by atoms with E-state index in [9.17, 15) is 14.9 Å². The SMILES string of the molecule is CC(=O)N[C@H]1C[C@@]2(C)O[C@@]13CCO[C@H]1[C@@H]3[C@@H]2C(=O)N1c1ccc(C#N)c(C)c1. The highest BCUT2D eigenvalue weighted by atomic mass is 16.6. The van der Waals surface area contributed by atoms with Crippen LogP contribution >= 0.6 is 0 Å². The number of hydrogen-bond donors (Lipinski definition) is 1. The fraction of sp³-hybridized carbons (Fsp3) is 0.571. The molecule has 0 unspecified atom stereocenters. The lowest BCUT2D eigenvalue weighted by Gasteiger charge is -2.45. The van der Waals surface area contributed by atoms with E-state index in [-0.39, 0.29) is 29.7 Å². The number of carbonyl (C=O) groups is 2. The van der Waals surface area contributed by atoms with Gasteiger partial charge in [0, 0.05) is 19.0 Å². The molecule has 1 aromatic carbocycles. The van der Waals surface area contributed by atoms with Crippen molar-refractivity contribution in [3.63, 3.8) is 0 Å². The first-order chi connectivity index (χ1) is 13.3. The van der Waals surface area contributed by atoms with Gasteiger partial charge in [-0.05, 0) is 44.0 Å². The van der Waals surface area contributed by atoms with E-state index in [1.54, 1.807) is 11.0 Å². The van der Waals surface area contributed by atoms with Crippen molar-refractivity contribution in [1.29, 1.82) is 5.26 Å². The van der Waals surface area contributed by atoms with Crippen LogP contribution in [-0.4, -0.2) is 41.9 Å². The highest BCUT2D eigenvalue weighted by Gasteiger charge is 2.78. The number of aryl methyl sites for hydroxylation is 1. The third kappa shape index (κ3) is 2.05. The van der Waals surface area contributed by atoms with Gasteiger partial charge in [0.25, 0.3) is 0 Å². The van der Waals surface area contributed by atoms with Crippen molar-refractivity contribution >= 4 is 17.5 Å². The van der Waals surface area contributed by atoms with E-state index in [1.165, 1.54) is 6.92 Å². The standard InChI is InChI=1S/C21H23N3O4/c1-11-8-14(5-4-13(11)10-22)24-18(26)16-17-19(24)27-7-6-21(17)15(23-12(2)25)9-20(16,3)28-21/h4-5,8,15-17,19H,6-7,9H2,1-3H3,(H,23,25)/t15-,16+,17-,19-,20+,21-/m0/s1. The molecule has 0 aromatic heterocycles. The molecule has 146 valence electrons. The maximum atomic E-state index is 13.5. The quantitative estimate of drug-likeness (QED) is 0.841. The summed E-state index contributed by atoms with van der Waals surface area (Å²) in [6, 6.07) is 7.49. The molecule has 0 radical (unpaired) electrons. The Morgan fingerprint density at radius 3 is 2.89 bits per heavy atom. The number of anilines is 1. The average molecular weight is 381 g/mol. The Labute approximate surface area is 163 Å². The van der Waals surface area contributed by atoms with Gasteiger partial charge in [0.05, 0.1) is 47.3 Å². The molecule has 4 aliphatic heterocycles. The molecule has 4 heterocycles. The van der Waals surface area contributed by atoms with Gasteiger partial charge in [-0.3, -0.25) is 14.5 Å². The highest BCUT2D eigenvalue weighted by Crippen LogP contribution is 2.65. The van der Waals surface area contributed by atoms with Crippen molar-refractivity contribution in [1.82, 2.24) is 5.32 Å². The summed E-state index contributed by atoms with van der Waals surface area (Å²) < 4.78 is 12.6. The van der Waals surface area contributed by atoms with Crippen LogP contribution in [0, 0.1) is 30.1 Å². The van der Waals surface area contributed by atoms with Crippen LogP contribution in [0.5, 0.6) is 0 Å². The van der Waals surface area contributed by atoms with Gasteiger partial charge in [-0.2, -0.15) is 5.26 Å². The Bertz CT molecular complexity index is 940. The molecule has 0 saturated carbocycles. The van der Waals surface area contributed by atoms with Crippen LogP contribution < -0.4 is 10.2 Å². The Kier molecular flexibility index (Phi) is 3.50. The molecule has 4 saturated heterocycles.